The van der Waals surface area contributed by atoms with Crippen molar-refractivity contribution in [1.82, 2.24) is 19.8 Å². The molecule has 2 aromatic carbocycles. The largest absolute Gasteiger partial charge is 0.497 e. The van der Waals surface area contributed by atoms with Crippen LogP contribution >= 0.6 is 0 Å². The predicted octanol–water partition coefficient (Wildman–Crippen LogP) is 2.44. The number of aromatic amines is 1. The summed E-state index contributed by atoms with van der Waals surface area (Å²) in [6, 6.07) is 11.3. The molecule has 0 bridgehead atoms. The normalized spacial score (nSPS) is 17.7. The zero-order valence-electron chi connectivity index (χ0n) is 20.5. The Labute approximate surface area is 208 Å². The first kappa shape index (κ1) is 25.3. The third-order valence-corrected chi connectivity index (χ3v) is 6.62. The maximum Gasteiger partial charge on any atom is 0.241 e. The number of aromatic nitrogens is 2. The van der Waals surface area contributed by atoms with E-state index in [9.17, 15) is 18.8 Å². The second-order valence-electron chi connectivity index (χ2n) is 8.89. The number of fused-ring (bicyclic) bond motifs is 1. The van der Waals surface area contributed by atoms with E-state index in [0.29, 0.717) is 24.5 Å². The van der Waals surface area contributed by atoms with Gasteiger partial charge in [0.25, 0.3) is 0 Å². The molecule has 2 heterocycles. The molecule has 190 valence electrons. The van der Waals surface area contributed by atoms with E-state index in [1.165, 1.54) is 30.2 Å². The van der Waals surface area contributed by atoms with Crippen LogP contribution in [0.5, 0.6) is 5.75 Å². The van der Waals surface area contributed by atoms with Gasteiger partial charge in [0, 0.05) is 51.6 Å². The Morgan fingerprint density at radius 2 is 2.00 bits per heavy atom. The van der Waals surface area contributed by atoms with Crippen molar-refractivity contribution in [3.8, 4) is 5.75 Å². The SMILES string of the molecule is COCCN1C(=O)CC(CC(=O)N(C)CCc2nc3ccc(OC)cc3[nH]2)(c2ccccc2F)C1=O. The van der Waals surface area contributed by atoms with Gasteiger partial charge in [-0.3, -0.25) is 19.3 Å². The van der Waals surface area contributed by atoms with E-state index in [2.05, 4.69) is 9.97 Å². The molecule has 1 aromatic heterocycles. The molecule has 36 heavy (non-hydrogen) atoms. The Morgan fingerprint density at radius 3 is 2.72 bits per heavy atom. The number of ether oxygens (including phenoxy) is 2. The number of rotatable bonds is 10. The molecule has 1 N–H and O–H groups in total. The van der Waals surface area contributed by atoms with Gasteiger partial charge in [-0.2, -0.15) is 0 Å². The van der Waals surface area contributed by atoms with Crippen LogP contribution in [0.25, 0.3) is 11.0 Å². The van der Waals surface area contributed by atoms with Crippen molar-refractivity contribution in [2.45, 2.75) is 24.7 Å². The Morgan fingerprint density at radius 1 is 1.22 bits per heavy atom. The van der Waals surface area contributed by atoms with E-state index in [1.807, 2.05) is 18.2 Å². The van der Waals surface area contributed by atoms with Crippen LogP contribution in [0.1, 0.15) is 24.2 Å². The minimum absolute atomic E-state index is 0.0469. The second kappa shape index (κ2) is 10.4. The van der Waals surface area contributed by atoms with Crippen molar-refractivity contribution >= 4 is 28.8 Å². The summed E-state index contributed by atoms with van der Waals surface area (Å²) in [6.07, 6.45) is -0.157. The quantitative estimate of drug-likeness (QED) is 0.433. The van der Waals surface area contributed by atoms with Gasteiger partial charge in [-0.1, -0.05) is 18.2 Å². The molecule has 1 aliphatic rings. The first-order valence-electron chi connectivity index (χ1n) is 11.6. The van der Waals surface area contributed by atoms with Crippen LogP contribution in [0.15, 0.2) is 42.5 Å². The summed E-state index contributed by atoms with van der Waals surface area (Å²) >= 11 is 0. The smallest absolute Gasteiger partial charge is 0.241 e. The highest BCUT2D eigenvalue weighted by molar-refractivity contribution is 6.10. The van der Waals surface area contributed by atoms with Crippen molar-refractivity contribution < 1.29 is 28.2 Å². The van der Waals surface area contributed by atoms with E-state index in [-0.39, 0.29) is 37.5 Å². The monoisotopic (exact) mass is 496 g/mol. The van der Waals surface area contributed by atoms with Crippen LogP contribution in [-0.2, 0) is 31.0 Å². The molecule has 1 saturated heterocycles. The zero-order chi connectivity index (χ0) is 25.9. The van der Waals surface area contributed by atoms with Crippen molar-refractivity contribution in [2.24, 2.45) is 0 Å². The molecule has 9 nitrogen and oxygen atoms in total. The summed E-state index contributed by atoms with van der Waals surface area (Å²) < 4.78 is 25.1. The first-order chi connectivity index (χ1) is 17.3. The number of likely N-dealkylation sites (N-methyl/N-ethyl adjacent to an activating group) is 1. The number of amides is 3. The number of imide groups is 1. The lowest BCUT2D eigenvalue weighted by molar-refractivity contribution is -0.143. The van der Waals surface area contributed by atoms with Crippen molar-refractivity contribution in [3.05, 3.63) is 59.7 Å². The van der Waals surface area contributed by atoms with Crippen LogP contribution < -0.4 is 4.74 Å². The number of carbonyl (C=O) groups excluding carboxylic acids is 3. The van der Waals surface area contributed by atoms with Crippen LogP contribution in [0.4, 0.5) is 4.39 Å². The molecule has 10 heteroatoms. The lowest BCUT2D eigenvalue weighted by Crippen LogP contribution is -2.44. The van der Waals surface area contributed by atoms with E-state index < -0.39 is 23.0 Å². The molecule has 1 aliphatic heterocycles. The maximum absolute atomic E-state index is 14.9. The number of H-pyrrole nitrogens is 1. The van der Waals surface area contributed by atoms with Crippen molar-refractivity contribution in [2.75, 3.05) is 41.0 Å². The standard InChI is InChI=1S/C26H29FN4O5/c1-30(11-10-22-28-20-9-8-17(36-3)14-21(20)29-22)23(32)15-26(18-6-4-5-7-19(18)27)16-24(33)31(25(26)34)12-13-35-2/h4-9,14H,10-13,15-16H2,1-3H3,(H,28,29). The number of carbonyl (C=O) groups is 3. The number of nitrogens with zero attached hydrogens (tertiary/aromatic N) is 3. The molecule has 0 saturated carbocycles. The van der Waals surface area contributed by atoms with Crippen LogP contribution in [-0.4, -0.2) is 78.5 Å². The topological polar surface area (TPSA) is 105 Å². The molecule has 3 aromatic rings. The number of halogens is 1. The highest BCUT2D eigenvalue weighted by Crippen LogP contribution is 2.41. The number of benzene rings is 2. The third-order valence-electron chi connectivity index (χ3n) is 6.62. The van der Waals surface area contributed by atoms with E-state index in [1.54, 1.807) is 20.2 Å². The van der Waals surface area contributed by atoms with Crippen molar-refractivity contribution in [3.63, 3.8) is 0 Å². The molecule has 0 aliphatic carbocycles. The van der Waals surface area contributed by atoms with Gasteiger partial charge in [-0.15, -0.1) is 0 Å². The summed E-state index contributed by atoms with van der Waals surface area (Å²) in [6.45, 7) is 0.520. The van der Waals surface area contributed by atoms with Crippen LogP contribution in [0.2, 0.25) is 0 Å². The molecule has 4 rings (SSSR count). The number of nitrogens with one attached hydrogen (secondary N) is 1. The molecule has 1 unspecified atom stereocenters. The Balaban J connectivity index is 1.52. The fraction of sp³-hybridized carbons (Fsp3) is 0.385. The number of imidazole rings is 1. The summed E-state index contributed by atoms with van der Waals surface area (Å²) in [7, 11) is 4.67. The predicted molar refractivity (Wildman–Crippen MR) is 130 cm³/mol. The lowest BCUT2D eigenvalue weighted by atomic mass is 9.75. The van der Waals surface area contributed by atoms with Gasteiger partial charge in [-0.05, 0) is 18.2 Å². The summed E-state index contributed by atoms with van der Waals surface area (Å²) in [5.74, 6) is -0.624. The van der Waals surface area contributed by atoms with Gasteiger partial charge < -0.3 is 19.4 Å². The average molecular weight is 497 g/mol. The summed E-state index contributed by atoms with van der Waals surface area (Å²) in [4.78, 5) is 49.8. The Kier molecular flexibility index (Phi) is 7.35. The Bertz CT molecular complexity index is 1290. The third kappa shape index (κ3) is 4.81. The first-order valence-corrected chi connectivity index (χ1v) is 11.6. The minimum Gasteiger partial charge on any atom is -0.497 e. The number of hydrogen-bond acceptors (Lipinski definition) is 6. The van der Waals surface area contributed by atoms with E-state index >= 15 is 0 Å². The molecule has 1 atom stereocenters. The fourth-order valence-electron chi connectivity index (χ4n) is 4.58. The van der Waals surface area contributed by atoms with Gasteiger partial charge in [0.05, 0.1) is 36.7 Å². The number of likely N-dealkylation sites (tertiary alicyclic amines) is 1. The number of methoxy groups -OCH3 is 2. The number of hydrogen-bond donors (Lipinski definition) is 1. The van der Waals surface area contributed by atoms with E-state index in [4.69, 9.17) is 9.47 Å². The highest BCUT2D eigenvalue weighted by atomic mass is 19.1. The lowest BCUT2D eigenvalue weighted by Gasteiger charge is -2.29. The van der Waals surface area contributed by atoms with Gasteiger partial charge in [0.1, 0.15) is 17.4 Å². The van der Waals surface area contributed by atoms with Crippen LogP contribution in [0, 0.1) is 5.82 Å². The maximum atomic E-state index is 14.9. The minimum atomic E-state index is -1.60. The highest BCUT2D eigenvalue weighted by Gasteiger charge is 2.54. The Hall–Kier alpha value is -3.79. The molecular formula is C26H29FN4O5. The van der Waals surface area contributed by atoms with Gasteiger partial charge >= 0.3 is 0 Å². The van der Waals surface area contributed by atoms with Gasteiger partial charge in [-0.25, -0.2) is 9.37 Å². The molecule has 1 fully saturated rings. The molecular weight excluding hydrogens is 467 g/mol. The van der Waals surface area contributed by atoms with Crippen LogP contribution in [0.3, 0.4) is 0 Å². The zero-order valence-corrected chi connectivity index (χ0v) is 20.5. The summed E-state index contributed by atoms with van der Waals surface area (Å²) in [5, 5.41) is 0. The molecule has 3 amide bonds. The average Bonchev–Trinajstić information content (AvgIpc) is 3.38. The molecule has 0 radical (unpaired) electrons. The fourth-order valence-corrected chi connectivity index (χ4v) is 4.58. The van der Waals surface area contributed by atoms with E-state index in [0.717, 1.165) is 15.9 Å². The van der Waals surface area contributed by atoms with Gasteiger partial charge in [0.15, 0.2) is 0 Å². The van der Waals surface area contributed by atoms with Gasteiger partial charge in [0.2, 0.25) is 17.7 Å². The summed E-state index contributed by atoms with van der Waals surface area (Å²) in [5.41, 5.74) is 0.0565. The molecule has 0 spiro atoms. The second-order valence-corrected chi connectivity index (χ2v) is 8.89. The van der Waals surface area contributed by atoms with Crippen molar-refractivity contribution in [1.29, 1.82) is 0 Å².